The van der Waals surface area contributed by atoms with E-state index in [0.29, 0.717) is 12.3 Å². The van der Waals surface area contributed by atoms with E-state index in [2.05, 4.69) is 24.2 Å². The maximum absolute atomic E-state index is 11.6. The molecule has 3 unspecified atom stereocenters. The Morgan fingerprint density at radius 2 is 2.14 bits per heavy atom. The molecule has 124 valence electrons. The van der Waals surface area contributed by atoms with Crippen LogP contribution < -0.4 is 5.32 Å². The van der Waals surface area contributed by atoms with Gasteiger partial charge in [0, 0.05) is 25.2 Å². The minimum absolute atomic E-state index is 0.148. The van der Waals surface area contributed by atoms with Crippen molar-refractivity contribution in [3.8, 4) is 0 Å². The lowest BCUT2D eigenvalue weighted by Gasteiger charge is -2.36. The molecule has 1 fully saturated rings. The van der Waals surface area contributed by atoms with E-state index < -0.39 is 11.5 Å². The van der Waals surface area contributed by atoms with Crippen LogP contribution in [-0.4, -0.2) is 60.4 Å². The predicted molar refractivity (Wildman–Crippen MR) is 84.6 cm³/mol. The van der Waals surface area contributed by atoms with E-state index in [1.54, 1.807) is 6.92 Å². The highest BCUT2D eigenvalue weighted by molar-refractivity contribution is 5.78. The van der Waals surface area contributed by atoms with Gasteiger partial charge < -0.3 is 14.7 Å². The molecule has 0 spiro atoms. The molecule has 0 amide bonds. The molecule has 0 aliphatic carbocycles. The first kappa shape index (κ1) is 18.4. The summed E-state index contributed by atoms with van der Waals surface area (Å²) in [6.45, 7) is 10.5. The van der Waals surface area contributed by atoms with E-state index in [4.69, 9.17) is 4.74 Å². The summed E-state index contributed by atoms with van der Waals surface area (Å²) in [6.07, 6.45) is 2.93. The number of hydrogen-bond acceptors (Lipinski definition) is 4. The zero-order valence-corrected chi connectivity index (χ0v) is 14.2. The summed E-state index contributed by atoms with van der Waals surface area (Å²) in [5, 5.41) is 12.7. The molecule has 0 aromatic rings. The molecule has 0 saturated carbocycles. The number of nitrogens with one attached hydrogen (secondary N) is 1. The first-order chi connectivity index (χ1) is 9.74. The summed E-state index contributed by atoms with van der Waals surface area (Å²) < 4.78 is 5.52. The van der Waals surface area contributed by atoms with Gasteiger partial charge in [-0.1, -0.05) is 0 Å². The number of hydrogen-bond donors (Lipinski definition) is 2. The largest absolute Gasteiger partial charge is 0.480 e. The minimum Gasteiger partial charge on any atom is -0.480 e. The van der Waals surface area contributed by atoms with Crippen molar-refractivity contribution in [2.45, 2.75) is 64.6 Å². The van der Waals surface area contributed by atoms with Crippen LogP contribution in [-0.2, 0) is 9.53 Å². The van der Waals surface area contributed by atoms with Crippen LogP contribution in [0.25, 0.3) is 0 Å². The molecule has 0 bridgehead atoms. The average molecular weight is 300 g/mol. The summed E-state index contributed by atoms with van der Waals surface area (Å²) in [5.74, 6) is -0.210. The van der Waals surface area contributed by atoms with E-state index in [0.717, 1.165) is 26.2 Å². The summed E-state index contributed by atoms with van der Waals surface area (Å²) in [6, 6.07) is 0.356. The number of carboxylic acid groups (broad SMARTS) is 1. The molecule has 0 aromatic heterocycles. The van der Waals surface area contributed by atoms with Crippen LogP contribution in [0.1, 0.15) is 47.0 Å². The number of nitrogens with zero attached hydrogens (tertiary/aromatic N) is 1. The molecule has 2 N–H and O–H groups in total. The van der Waals surface area contributed by atoms with Gasteiger partial charge in [-0.3, -0.25) is 10.1 Å². The molecule has 5 nitrogen and oxygen atoms in total. The summed E-state index contributed by atoms with van der Waals surface area (Å²) in [5.41, 5.74) is -0.884. The Hall–Kier alpha value is -0.650. The molecule has 5 heteroatoms. The topological polar surface area (TPSA) is 61.8 Å². The summed E-state index contributed by atoms with van der Waals surface area (Å²) >= 11 is 0. The number of carbonyl (C=O) groups is 1. The van der Waals surface area contributed by atoms with Gasteiger partial charge in [-0.25, -0.2) is 0 Å². The highest BCUT2D eigenvalue weighted by Crippen LogP contribution is 2.20. The average Bonchev–Trinajstić information content (AvgIpc) is 2.38. The van der Waals surface area contributed by atoms with Gasteiger partial charge in [0.15, 0.2) is 0 Å². The lowest BCUT2D eigenvalue weighted by molar-refractivity contribution is -0.145. The molecule has 1 rings (SSSR count). The van der Waals surface area contributed by atoms with E-state index >= 15 is 0 Å². The zero-order chi connectivity index (χ0) is 16.0. The Labute approximate surface area is 129 Å². The van der Waals surface area contributed by atoms with E-state index in [1.807, 2.05) is 13.8 Å². The molecule has 21 heavy (non-hydrogen) atoms. The van der Waals surface area contributed by atoms with Crippen molar-refractivity contribution in [3.63, 3.8) is 0 Å². The molecule has 0 radical (unpaired) electrons. The van der Waals surface area contributed by atoms with Gasteiger partial charge in [0.2, 0.25) is 0 Å². The molecule has 1 heterocycles. The minimum atomic E-state index is -0.884. The smallest absolute Gasteiger partial charge is 0.323 e. The van der Waals surface area contributed by atoms with Gasteiger partial charge in [-0.2, -0.15) is 0 Å². The molecule has 1 aliphatic rings. The quantitative estimate of drug-likeness (QED) is 0.717. The van der Waals surface area contributed by atoms with Crippen LogP contribution in [0.4, 0.5) is 0 Å². The molecule has 1 saturated heterocycles. The molecule has 1 aliphatic heterocycles. The normalized spacial score (nSPS) is 24.0. The van der Waals surface area contributed by atoms with E-state index in [9.17, 15) is 9.90 Å². The van der Waals surface area contributed by atoms with Crippen molar-refractivity contribution in [1.29, 1.82) is 0 Å². The second-order valence-electron chi connectivity index (χ2n) is 7.01. The Morgan fingerprint density at radius 1 is 1.48 bits per heavy atom. The Kier molecular flexibility index (Phi) is 7.10. The van der Waals surface area contributed by atoms with Crippen molar-refractivity contribution in [2.75, 3.05) is 26.8 Å². The Balaban J connectivity index is 2.55. The number of rotatable bonds is 8. The fourth-order valence-electron chi connectivity index (χ4n) is 3.13. The van der Waals surface area contributed by atoms with Crippen LogP contribution in [0.2, 0.25) is 0 Å². The third-order valence-electron chi connectivity index (χ3n) is 4.34. The third kappa shape index (κ3) is 5.93. The van der Waals surface area contributed by atoms with Crippen molar-refractivity contribution >= 4 is 5.97 Å². The van der Waals surface area contributed by atoms with Crippen LogP contribution in [0.5, 0.6) is 0 Å². The molecule has 3 atom stereocenters. The predicted octanol–water partition coefficient (Wildman–Crippen LogP) is 1.96. The fourth-order valence-corrected chi connectivity index (χ4v) is 3.13. The fraction of sp³-hybridized carbons (Fsp3) is 0.938. The second-order valence-corrected chi connectivity index (χ2v) is 7.01. The highest BCUT2D eigenvalue weighted by Gasteiger charge is 2.36. The van der Waals surface area contributed by atoms with Gasteiger partial charge in [-0.15, -0.1) is 0 Å². The standard InChI is InChI=1S/C16H32N2O3/c1-12(2)17-16(4,15(19)20)9-13(3)18(5)10-14-7-6-8-21-11-14/h12-14,17H,6-11H2,1-5H3,(H,19,20). The van der Waals surface area contributed by atoms with Gasteiger partial charge >= 0.3 is 5.97 Å². The molecular weight excluding hydrogens is 268 g/mol. The van der Waals surface area contributed by atoms with Crippen LogP contribution in [0.15, 0.2) is 0 Å². The summed E-state index contributed by atoms with van der Waals surface area (Å²) in [4.78, 5) is 13.9. The molecular formula is C16H32N2O3. The van der Waals surface area contributed by atoms with Gasteiger partial charge in [0.1, 0.15) is 5.54 Å². The van der Waals surface area contributed by atoms with Crippen molar-refractivity contribution < 1.29 is 14.6 Å². The van der Waals surface area contributed by atoms with Crippen molar-refractivity contribution in [1.82, 2.24) is 10.2 Å². The van der Waals surface area contributed by atoms with Gasteiger partial charge in [-0.05, 0) is 59.9 Å². The summed E-state index contributed by atoms with van der Waals surface area (Å²) in [7, 11) is 2.08. The van der Waals surface area contributed by atoms with E-state index in [-0.39, 0.29) is 12.1 Å². The number of aliphatic carboxylic acids is 1. The van der Waals surface area contributed by atoms with Crippen LogP contribution in [0, 0.1) is 5.92 Å². The van der Waals surface area contributed by atoms with Crippen LogP contribution >= 0.6 is 0 Å². The first-order valence-electron chi connectivity index (χ1n) is 8.03. The number of carboxylic acids is 1. The van der Waals surface area contributed by atoms with E-state index in [1.165, 1.54) is 6.42 Å². The first-order valence-corrected chi connectivity index (χ1v) is 8.03. The highest BCUT2D eigenvalue weighted by atomic mass is 16.5. The van der Waals surface area contributed by atoms with Crippen LogP contribution in [0.3, 0.4) is 0 Å². The van der Waals surface area contributed by atoms with Gasteiger partial charge in [0.25, 0.3) is 0 Å². The third-order valence-corrected chi connectivity index (χ3v) is 4.34. The second kappa shape index (κ2) is 8.11. The Morgan fingerprint density at radius 3 is 2.62 bits per heavy atom. The lowest BCUT2D eigenvalue weighted by Crippen LogP contribution is -2.55. The number of ether oxygens (including phenoxy) is 1. The van der Waals surface area contributed by atoms with Crippen molar-refractivity contribution in [3.05, 3.63) is 0 Å². The zero-order valence-electron chi connectivity index (χ0n) is 14.2. The molecule has 0 aromatic carbocycles. The Bertz CT molecular complexity index is 329. The maximum Gasteiger partial charge on any atom is 0.323 e. The van der Waals surface area contributed by atoms with Gasteiger partial charge in [0.05, 0.1) is 6.61 Å². The lowest BCUT2D eigenvalue weighted by atomic mass is 9.91. The SMILES string of the molecule is CC(C)NC(C)(CC(C)N(C)CC1CCCOC1)C(=O)O. The monoisotopic (exact) mass is 300 g/mol. The van der Waals surface area contributed by atoms with Crippen molar-refractivity contribution in [2.24, 2.45) is 5.92 Å². The maximum atomic E-state index is 11.6.